The predicted molar refractivity (Wildman–Crippen MR) is 111 cm³/mol. The molecule has 1 amide bonds. The standard InChI is InChI=1S/C23H27NO5/c1-15-8-6-7-9-19(15)28-14-20(25)29-16(2)21(26)17-10-12-18(13-11-17)24-22(27)23(3,4)5/h6-13,16H,14H2,1-5H3,(H,24,27)/t16-/m0/s1. The Morgan fingerprint density at radius 3 is 2.21 bits per heavy atom. The van der Waals surface area contributed by atoms with Crippen molar-refractivity contribution in [1.29, 1.82) is 0 Å². The van der Waals surface area contributed by atoms with E-state index in [4.69, 9.17) is 9.47 Å². The van der Waals surface area contributed by atoms with E-state index < -0.39 is 17.5 Å². The number of nitrogens with one attached hydrogen (secondary N) is 1. The van der Waals surface area contributed by atoms with Crippen molar-refractivity contribution in [2.45, 2.75) is 40.7 Å². The van der Waals surface area contributed by atoms with Gasteiger partial charge in [-0.25, -0.2) is 4.79 Å². The summed E-state index contributed by atoms with van der Waals surface area (Å²) in [5.74, 6) is -0.477. The van der Waals surface area contributed by atoms with Crippen molar-refractivity contribution in [2.24, 2.45) is 5.41 Å². The van der Waals surface area contributed by atoms with Gasteiger partial charge in [0, 0.05) is 16.7 Å². The Hall–Kier alpha value is -3.15. The molecule has 0 saturated heterocycles. The molecule has 0 radical (unpaired) electrons. The van der Waals surface area contributed by atoms with Crippen molar-refractivity contribution in [2.75, 3.05) is 11.9 Å². The van der Waals surface area contributed by atoms with Gasteiger partial charge in [-0.1, -0.05) is 39.0 Å². The molecule has 0 fully saturated rings. The SMILES string of the molecule is Cc1ccccc1OCC(=O)O[C@@H](C)C(=O)c1ccc(NC(=O)C(C)(C)C)cc1. The molecule has 6 heteroatoms. The van der Waals surface area contributed by atoms with Crippen LogP contribution < -0.4 is 10.1 Å². The molecule has 0 heterocycles. The first-order valence-corrected chi connectivity index (χ1v) is 9.41. The van der Waals surface area contributed by atoms with Gasteiger partial charge >= 0.3 is 5.97 Å². The molecule has 6 nitrogen and oxygen atoms in total. The summed E-state index contributed by atoms with van der Waals surface area (Å²) >= 11 is 0. The molecule has 1 N–H and O–H groups in total. The molecule has 0 aliphatic rings. The van der Waals surface area contributed by atoms with Gasteiger partial charge in [-0.3, -0.25) is 9.59 Å². The molecule has 2 aromatic carbocycles. The quantitative estimate of drug-likeness (QED) is 0.560. The van der Waals surface area contributed by atoms with Crippen molar-refractivity contribution in [3.05, 3.63) is 59.7 Å². The van der Waals surface area contributed by atoms with E-state index in [-0.39, 0.29) is 18.3 Å². The zero-order chi connectivity index (χ0) is 21.6. The lowest BCUT2D eigenvalue weighted by Crippen LogP contribution is -2.28. The number of para-hydroxylation sites is 1. The zero-order valence-corrected chi connectivity index (χ0v) is 17.4. The molecule has 2 aromatic rings. The number of Topliss-reactive ketones (excluding diaryl/α,β-unsaturated/α-hetero) is 1. The maximum Gasteiger partial charge on any atom is 0.344 e. The summed E-state index contributed by atoms with van der Waals surface area (Å²) in [7, 11) is 0. The highest BCUT2D eigenvalue weighted by Gasteiger charge is 2.22. The molecule has 0 bridgehead atoms. The van der Waals surface area contributed by atoms with Crippen LogP contribution in [0.1, 0.15) is 43.6 Å². The Bertz CT molecular complexity index is 881. The van der Waals surface area contributed by atoms with Gasteiger partial charge in [-0.2, -0.15) is 0 Å². The largest absolute Gasteiger partial charge is 0.482 e. The van der Waals surface area contributed by atoms with E-state index >= 15 is 0 Å². The van der Waals surface area contributed by atoms with Gasteiger partial charge in [0.05, 0.1) is 0 Å². The number of esters is 1. The Labute approximate surface area is 171 Å². The third kappa shape index (κ3) is 6.45. The Kier molecular flexibility index (Phi) is 7.15. The summed E-state index contributed by atoms with van der Waals surface area (Å²) in [5.41, 5.74) is 1.37. The van der Waals surface area contributed by atoms with Crippen LogP contribution in [0.4, 0.5) is 5.69 Å². The summed E-state index contributed by atoms with van der Waals surface area (Å²) < 4.78 is 10.6. The average molecular weight is 397 g/mol. The van der Waals surface area contributed by atoms with E-state index in [1.807, 2.05) is 45.9 Å². The molecule has 29 heavy (non-hydrogen) atoms. The van der Waals surface area contributed by atoms with E-state index in [1.165, 1.54) is 6.92 Å². The minimum absolute atomic E-state index is 0.118. The normalized spacial score (nSPS) is 12.0. The lowest BCUT2D eigenvalue weighted by molar-refractivity contribution is -0.148. The lowest BCUT2D eigenvalue weighted by atomic mass is 9.95. The van der Waals surface area contributed by atoms with Crippen LogP contribution >= 0.6 is 0 Å². The zero-order valence-electron chi connectivity index (χ0n) is 17.4. The first kappa shape index (κ1) is 22.1. The van der Waals surface area contributed by atoms with E-state index in [0.717, 1.165) is 5.56 Å². The Morgan fingerprint density at radius 2 is 1.62 bits per heavy atom. The fraction of sp³-hybridized carbons (Fsp3) is 0.348. The molecule has 2 rings (SSSR count). The molecule has 0 unspecified atom stereocenters. The number of anilines is 1. The first-order chi connectivity index (χ1) is 13.6. The molecule has 0 spiro atoms. The van der Waals surface area contributed by atoms with Crippen LogP contribution in [0.25, 0.3) is 0 Å². The van der Waals surface area contributed by atoms with Crippen molar-refractivity contribution in [3.8, 4) is 5.75 Å². The van der Waals surface area contributed by atoms with Crippen LogP contribution in [0.15, 0.2) is 48.5 Å². The third-order valence-electron chi connectivity index (χ3n) is 4.23. The van der Waals surface area contributed by atoms with E-state index in [1.54, 1.807) is 30.3 Å². The van der Waals surface area contributed by atoms with E-state index in [0.29, 0.717) is 17.0 Å². The van der Waals surface area contributed by atoms with Gasteiger partial charge in [0.2, 0.25) is 11.7 Å². The number of aryl methyl sites for hydroxylation is 1. The van der Waals surface area contributed by atoms with Crippen LogP contribution in [0.2, 0.25) is 0 Å². The molecule has 0 aromatic heterocycles. The summed E-state index contributed by atoms with van der Waals surface area (Å²) in [6.07, 6.45) is -0.946. The van der Waals surface area contributed by atoms with Crippen molar-refractivity contribution >= 4 is 23.3 Å². The maximum atomic E-state index is 12.5. The lowest BCUT2D eigenvalue weighted by Gasteiger charge is -2.18. The highest BCUT2D eigenvalue weighted by Crippen LogP contribution is 2.19. The molecule has 154 valence electrons. The van der Waals surface area contributed by atoms with Gasteiger partial charge < -0.3 is 14.8 Å². The van der Waals surface area contributed by atoms with Crippen LogP contribution in [-0.4, -0.2) is 30.4 Å². The summed E-state index contributed by atoms with van der Waals surface area (Å²) in [4.78, 5) is 36.5. The second-order valence-electron chi connectivity index (χ2n) is 7.83. The van der Waals surface area contributed by atoms with E-state index in [9.17, 15) is 14.4 Å². The van der Waals surface area contributed by atoms with Gasteiger partial charge in [0.15, 0.2) is 12.7 Å². The second kappa shape index (κ2) is 9.37. The number of amides is 1. The van der Waals surface area contributed by atoms with Gasteiger partial charge in [0.1, 0.15) is 5.75 Å². The minimum atomic E-state index is -0.946. The number of carbonyl (C=O) groups is 3. The molecule has 0 aliphatic heterocycles. The number of ether oxygens (including phenoxy) is 2. The van der Waals surface area contributed by atoms with Crippen LogP contribution in [-0.2, 0) is 14.3 Å². The number of ketones is 1. The number of carbonyl (C=O) groups excluding carboxylic acids is 3. The Balaban J connectivity index is 1.89. The highest BCUT2D eigenvalue weighted by molar-refractivity contribution is 6.01. The summed E-state index contributed by atoms with van der Waals surface area (Å²) in [6, 6.07) is 13.8. The topological polar surface area (TPSA) is 81.7 Å². The number of benzene rings is 2. The fourth-order valence-electron chi connectivity index (χ4n) is 2.41. The van der Waals surface area contributed by atoms with Crippen molar-refractivity contribution in [1.82, 2.24) is 0 Å². The third-order valence-corrected chi connectivity index (χ3v) is 4.23. The molecule has 0 saturated carbocycles. The molecule has 0 aliphatic carbocycles. The molecular formula is C23H27NO5. The minimum Gasteiger partial charge on any atom is -0.482 e. The maximum absolute atomic E-state index is 12.5. The predicted octanol–water partition coefficient (Wildman–Crippen LogP) is 4.17. The number of hydrogen-bond donors (Lipinski definition) is 1. The number of hydrogen-bond acceptors (Lipinski definition) is 5. The highest BCUT2D eigenvalue weighted by atomic mass is 16.6. The van der Waals surface area contributed by atoms with Crippen LogP contribution in [0, 0.1) is 12.3 Å². The smallest absolute Gasteiger partial charge is 0.344 e. The van der Waals surface area contributed by atoms with Crippen LogP contribution in [0.5, 0.6) is 5.75 Å². The summed E-state index contributed by atoms with van der Waals surface area (Å²) in [6.45, 7) is 8.57. The average Bonchev–Trinajstić information content (AvgIpc) is 2.66. The van der Waals surface area contributed by atoms with Crippen molar-refractivity contribution in [3.63, 3.8) is 0 Å². The van der Waals surface area contributed by atoms with Gasteiger partial charge in [-0.15, -0.1) is 0 Å². The second-order valence-corrected chi connectivity index (χ2v) is 7.83. The molecule has 1 atom stereocenters. The first-order valence-electron chi connectivity index (χ1n) is 9.41. The van der Waals surface area contributed by atoms with Gasteiger partial charge in [-0.05, 0) is 49.7 Å². The van der Waals surface area contributed by atoms with Gasteiger partial charge in [0.25, 0.3) is 0 Å². The van der Waals surface area contributed by atoms with E-state index in [2.05, 4.69) is 5.32 Å². The monoisotopic (exact) mass is 397 g/mol. The Morgan fingerprint density at radius 1 is 1.00 bits per heavy atom. The fourth-order valence-corrected chi connectivity index (χ4v) is 2.41. The van der Waals surface area contributed by atoms with Crippen LogP contribution in [0.3, 0.4) is 0 Å². The van der Waals surface area contributed by atoms with Crippen molar-refractivity contribution < 1.29 is 23.9 Å². The molecular weight excluding hydrogens is 370 g/mol. The number of rotatable bonds is 7. The summed E-state index contributed by atoms with van der Waals surface area (Å²) in [5, 5.41) is 2.79.